The van der Waals surface area contributed by atoms with Gasteiger partial charge in [0.25, 0.3) is 5.56 Å². The summed E-state index contributed by atoms with van der Waals surface area (Å²) in [5, 5.41) is 6.50. The lowest BCUT2D eigenvalue weighted by Gasteiger charge is -2.08. The number of rotatable bonds is 1. The highest BCUT2D eigenvalue weighted by Gasteiger charge is 2.21. The molecular formula is C9H13N3O. The lowest BCUT2D eigenvalue weighted by molar-refractivity contribution is 0.410. The summed E-state index contributed by atoms with van der Waals surface area (Å²) in [4.78, 5) is 13.0. The first-order valence-corrected chi connectivity index (χ1v) is 4.50. The van der Waals surface area contributed by atoms with Gasteiger partial charge in [-0.05, 0) is 26.1 Å². The first kappa shape index (κ1) is 8.44. The molecule has 70 valence electrons. The van der Waals surface area contributed by atoms with Gasteiger partial charge in [0, 0.05) is 18.5 Å². The Morgan fingerprint density at radius 2 is 2.46 bits per heavy atom. The molecule has 0 spiro atoms. The molecule has 1 aliphatic rings. The standard InChI is InChI=1S/C9H13N3O/c1-12-5-4-7(6-12)8-2-3-9(13)11-10-8/h2-3,7H,4-6H2,1H3,(H,11,13). The number of hydrogen-bond acceptors (Lipinski definition) is 3. The van der Waals surface area contributed by atoms with Gasteiger partial charge in [-0.2, -0.15) is 5.10 Å². The Kier molecular flexibility index (Phi) is 2.14. The minimum atomic E-state index is -0.130. The van der Waals surface area contributed by atoms with E-state index in [4.69, 9.17) is 0 Å². The van der Waals surface area contributed by atoms with Crippen molar-refractivity contribution in [1.29, 1.82) is 0 Å². The van der Waals surface area contributed by atoms with Gasteiger partial charge in [-0.1, -0.05) is 0 Å². The number of aromatic nitrogens is 2. The van der Waals surface area contributed by atoms with Crippen LogP contribution in [0.4, 0.5) is 0 Å². The number of nitrogens with zero attached hydrogens (tertiary/aromatic N) is 2. The SMILES string of the molecule is CN1CCC(c2ccc(=O)[nH]n2)C1. The second-order valence-electron chi connectivity index (χ2n) is 3.59. The molecule has 1 atom stereocenters. The second-order valence-corrected chi connectivity index (χ2v) is 3.59. The van der Waals surface area contributed by atoms with Gasteiger partial charge >= 0.3 is 0 Å². The molecular weight excluding hydrogens is 166 g/mol. The van der Waals surface area contributed by atoms with Gasteiger partial charge in [-0.25, -0.2) is 5.10 Å². The molecule has 2 rings (SSSR count). The van der Waals surface area contributed by atoms with E-state index < -0.39 is 0 Å². The Labute approximate surface area is 76.6 Å². The predicted molar refractivity (Wildman–Crippen MR) is 49.7 cm³/mol. The van der Waals surface area contributed by atoms with Crippen molar-refractivity contribution in [3.63, 3.8) is 0 Å². The van der Waals surface area contributed by atoms with Crippen LogP contribution < -0.4 is 5.56 Å². The van der Waals surface area contributed by atoms with Crippen LogP contribution in [0.5, 0.6) is 0 Å². The van der Waals surface area contributed by atoms with Crippen LogP contribution in [0.25, 0.3) is 0 Å². The van der Waals surface area contributed by atoms with E-state index in [-0.39, 0.29) is 5.56 Å². The summed E-state index contributed by atoms with van der Waals surface area (Å²) in [6.45, 7) is 2.16. The minimum Gasteiger partial charge on any atom is -0.306 e. The lowest BCUT2D eigenvalue weighted by Crippen LogP contribution is -2.15. The van der Waals surface area contributed by atoms with Crippen LogP contribution in [0.15, 0.2) is 16.9 Å². The van der Waals surface area contributed by atoms with Gasteiger partial charge in [-0.15, -0.1) is 0 Å². The summed E-state index contributed by atoms with van der Waals surface area (Å²) in [6.07, 6.45) is 1.13. The third kappa shape index (κ3) is 1.78. The lowest BCUT2D eigenvalue weighted by atomic mass is 10.1. The number of likely N-dealkylation sites (tertiary alicyclic amines) is 1. The summed E-state index contributed by atoms with van der Waals surface area (Å²) < 4.78 is 0. The molecule has 0 saturated carbocycles. The quantitative estimate of drug-likeness (QED) is 0.669. The van der Waals surface area contributed by atoms with Crippen molar-refractivity contribution in [1.82, 2.24) is 15.1 Å². The molecule has 1 fully saturated rings. The van der Waals surface area contributed by atoms with Crippen molar-refractivity contribution in [3.05, 3.63) is 28.2 Å². The fourth-order valence-electron chi connectivity index (χ4n) is 1.76. The number of nitrogens with one attached hydrogen (secondary N) is 1. The normalized spacial score (nSPS) is 23.6. The molecule has 0 amide bonds. The molecule has 1 aromatic rings. The molecule has 1 aliphatic heterocycles. The van der Waals surface area contributed by atoms with Crippen molar-refractivity contribution in [2.75, 3.05) is 20.1 Å². The average molecular weight is 179 g/mol. The van der Waals surface area contributed by atoms with Crippen LogP contribution in [-0.2, 0) is 0 Å². The average Bonchev–Trinajstić information content (AvgIpc) is 2.53. The summed E-state index contributed by atoms with van der Waals surface area (Å²) in [6, 6.07) is 3.36. The molecule has 1 N–H and O–H groups in total. The number of hydrogen-bond donors (Lipinski definition) is 1. The maximum absolute atomic E-state index is 10.8. The summed E-state index contributed by atoms with van der Waals surface area (Å²) >= 11 is 0. The van der Waals surface area contributed by atoms with E-state index in [1.165, 1.54) is 0 Å². The topological polar surface area (TPSA) is 49.0 Å². The van der Waals surface area contributed by atoms with Gasteiger partial charge in [0.2, 0.25) is 0 Å². The molecule has 2 heterocycles. The molecule has 0 bridgehead atoms. The summed E-state index contributed by atoms with van der Waals surface area (Å²) in [7, 11) is 2.10. The Morgan fingerprint density at radius 3 is 3.00 bits per heavy atom. The Morgan fingerprint density at radius 1 is 1.62 bits per heavy atom. The van der Waals surface area contributed by atoms with Gasteiger partial charge in [0.1, 0.15) is 0 Å². The zero-order valence-corrected chi connectivity index (χ0v) is 7.66. The number of likely N-dealkylation sites (N-methyl/N-ethyl adjacent to an activating group) is 1. The fourth-order valence-corrected chi connectivity index (χ4v) is 1.76. The Balaban J connectivity index is 2.17. The van der Waals surface area contributed by atoms with Gasteiger partial charge in [0.05, 0.1) is 5.69 Å². The van der Waals surface area contributed by atoms with E-state index >= 15 is 0 Å². The molecule has 0 radical (unpaired) electrons. The van der Waals surface area contributed by atoms with Gasteiger partial charge in [-0.3, -0.25) is 4.79 Å². The third-order valence-corrected chi connectivity index (χ3v) is 2.51. The third-order valence-electron chi connectivity index (χ3n) is 2.51. The monoisotopic (exact) mass is 179 g/mol. The molecule has 1 saturated heterocycles. The first-order valence-electron chi connectivity index (χ1n) is 4.50. The number of H-pyrrole nitrogens is 1. The van der Waals surface area contributed by atoms with Crippen LogP contribution in [0.3, 0.4) is 0 Å². The van der Waals surface area contributed by atoms with E-state index in [1.807, 2.05) is 6.07 Å². The predicted octanol–water partition coefficient (Wildman–Crippen LogP) is 0.189. The maximum atomic E-state index is 10.8. The van der Waals surface area contributed by atoms with Gasteiger partial charge < -0.3 is 4.90 Å². The van der Waals surface area contributed by atoms with Crippen molar-refractivity contribution >= 4 is 0 Å². The zero-order valence-electron chi connectivity index (χ0n) is 7.66. The number of aromatic amines is 1. The van der Waals surface area contributed by atoms with E-state index in [0.29, 0.717) is 5.92 Å². The molecule has 13 heavy (non-hydrogen) atoms. The minimum absolute atomic E-state index is 0.130. The highest BCUT2D eigenvalue weighted by atomic mass is 16.1. The largest absolute Gasteiger partial charge is 0.306 e. The van der Waals surface area contributed by atoms with E-state index in [1.54, 1.807) is 6.07 Å². The van der Waals surface area contributed by atoms with Crippen LogP contribution in [0.2, 0.25) is 0 Å². The summed E-state index contributed by atoms with van der Waals surface area (Å²) in [5.41, 5.74) is 0.874. The molecule has 1 unspecified atom stereocenters. The molecule has 1 aromatic heterocycles. The van der Waals surface area contributed by atoms with Crippen LogP contribution in [-0.4, -0.2) is 35.2 Å². The van der Waals surface area contributed by atoms with Crippen molar-refractivity contribution in [2.24, 2.45) is 0 Å². The van der Waals surface area contributed by atoms with E-state index in [9.17, 15) is 4.79 Å². The smallest absolute Gasteiger partial charge is 0.264 e. The van der Waals surface area contributed by atoms with E-state index in [2.05, 4.69) is 22.1 Å². The van der Waals surface area contributed by atoms with Gasteiger partial charge in [0.15, 0.2) is 0 Å². The molecule has 0 aliphatic carbocycles. The second kappa shape index (κ2) is 3.30. The molecule has 0 aromatic carbocycles. The van der Waals surface area contributed by atoms with Crippen LogP contribution in [0.1, 0.15) is 18.0 Å². The molecule has 4 nitrogen and oxygen atoms in total. The van der Waals surface area contributed by atoms with Crippen molar-refractivity contribution in [2.45, 2.75) is 12.3 Å². The first-order chi connectivity index (χ1) is 6.25. The zero-order chi connectivity index (χ0) is 9.26. The van der Waals surface area contributed by atoms with Crippen molar-refractivity contribution < 1.29 is 0 Å². The Hall–Kier alpha value is -1.16. The Bertz CT molecular complexity index is 326. The maximum Gasteiger partial charge on any atom is 0.264 e. The van der Waals surface area contributed by atoms with Crippen LogP contribution >= 0.6 is 0 Å². The summed E-state index contributed by atoms with van der Waals surface area (Å²) in [5.74, 6) is 0.488. The van der Waals surface area contributed by atoms with Crippen molar-refractivity contribution in [3.8, 4) is 0 Å². The highest BCUT2D eigenvalue weighted by molar-refractivity contribution is 5.08. The van der Waals surface area contributed by atoms with E-state index in [0.717, 1.165) is 25.2 Å². The van der Waals surface area contributed by atoms with Crippen LogP contribution in [0, 0.1) is 0 Å². The molecule has 4 heteroatoms. The fraction of sp³-hybridized carbons (Fsp3) is 0.556. The highest BCUT2D eigenvalue weighted by Crippen LogP contribution is 2.23.